The SMILES string of the molecule is COc1ccc(/C=N/NC(=O)COc2ccc(Cl)cc2Cl)cc1[N+](=O)[O-]. The van der Waals surface area contributed by atoms with E-state index in [-0.39, 0.29) is 23.1 Å². The number of hydrogen-bond donors (Lipinski definition) is 1. The molecule has 0 aliphatic carbocycles. The van der Waals surface area contributed by atoms with Crippen LogP contribution < -0.4 is 14.9 Å². The second-order valence-electron chi connectivity index (χ2n) is 4.84. The smallest absolute Gasteiger partial charge is 0.311 e. The summed E-state index contributed by atoms with van der Waals surface area (Å²) in [6, 6.07) is 8.88. The fourth-order valence-electron chi connectivity index (χ4n) is 1.88. The first-order valence-electron chi connectivity index (χ1n) is 7.13. The highest BCUT2D eigenvalue weighted by Gasteiger charge is 2.14. The topological polar surface area (TPSA) is 103 Å². The molecule has 0 aliphatic heterocycles. The zero-order valence-electron chi connectivity index (χ0n) is 13.4. The summed E-state index contributed by atoms with van der Waals surface area (Å²) in [4.78, 5) is 22.1. The minimum atomic E-state index is -0.571. The maximum absolute atomic E-state index is 11.7. The van der Waals surface area contributed by atoms with Crippen LogP contribution in [0.2, 0.25) is 10.0 Å². The Balaban J connectivity index is 1.92. The number of carbonyl (C=O) groups excluding carboxylic acids is 1. The van der Waals surface area contributed by atoms with Crippen LogP contribution in [0, 0.1) is 10.1 Å². The van der Waals surface area contributed by atoms with Crippen molar-refractivity contribution in [1.82, 2.24) is 5.43 Å². The third-order valence-corrected chi connectivity index (χ3v) is 3.59. The Hall–Kier alpha value is -2.84. The van der Waals surface area contributed by atoms with Crippen LogP contribution in [0.4, 0.5) is 5.69 Å². The molecular weight excluding hydrogens is 385 g/mol. The third-order valence-electron chi connectivity index (χ3n) is 3.06. The first-order chi connectivity index (χ1) is 12.4. The lowest BCUT2D eigenvalue weighted by molar-refractivity contribution is -0.385. The van der Waals surface area contributed by atoms with E-state index in [1.807, 2.05) is 0 Å². The van der Waals surface area contributed by atoms with Crippen molar-refractivity contribution in [2.75, 3.05) is 13.7 Å². The van der Waals surface area contributed by atoms with Crippen LogP contribution in [0.15, 0.2) is 41.5 Å². The van der Waals surface area contributed by atoms with Gasteiger partial charge in [-0.1, -0.05) is 23.2 Å². The number of hydrogen-bond acceptors (Lipinski definition) is 6. The second kappa shape index (κ2) is 9.02. The molecule has 0 atom stereocenters. The van der Waals surface area contributed by atoms with Crippen LogP contribution in [0.1, 0.15) is 5.56 Å². The first kappa shape index (κ1) is 19.5. The Bertz CT molecular complexity index is 858. The van der Waals surface area contributed by atoms with Crippen molar-refractivity contribution in [1.29, 1.82) is 0 Å². The van der Waals surface area contributed by atoms with Crippen LogP contribution in [0.5, 0.6) is 11.5 Å². The predicted octanol–water partition coefficient (Wildman–Crippen LogP) is 3.44. The molecular formula is C16H13Cl2N3O5. The number of rotatable bonds is 7. The lowest BCUT2D eigenvalue weighted by atomic mass is 10.2. The molecule has 0 unspecified atom stereocenters. The first-order valence-corrected chi connectivity index (χ1v) is 7.88. The minimum absolute atomic E-state index is 0.129. The van der Waals surface area contributed by atoms with Crippen LogP contribution in [-0.4, -0.2) is 30.8 Å². The van der Waals surface area contributed by atoms with Gasteiger partial charge in [0.25, 0.3) is 5.91 Å². The highest BCUT2D eigenvalue weighted by atomic mass is 35.5. The Morgan fingerprint density at radius 3 is 2.65 bits per heavy atom. The number of nitro benzene ring substituents is 1. The molecule has 0 fully saturated rings. The van der Waals surface area contributed by atoms with Gasteiger partial charge in [-0.15, -0.1) is 0 Å². The highest BCUT2D eigenvalue weighted by Crippen LogP contribution is 2.28. The molecule has 0 aliphatic rings. The normalized spacial score (nSPS) is 10.6. The number of ether oxygens (including phenoxy) is 2. The molecule has 8 nitrogen and oxygen atoms in total. The van der Waals surface area contributed by atoms with E-state index in [0.29, 0.717) is 16.3 Å². The Morgan fingerprint density at radius 1 is 1.27 bits per heavy atom. The monoisotopic (exact) mass is 397 g/mol. The van der Waals surface area contributed by atoms with Gasteiger partial charge in [-0.05, 0) is 30.3 Å². The summed E-state index contributed by atoms with van der Waals surface area (Å²) in [6.45, 7) is -0.318. The van der Waals surface area contributed by atoms with Gasteiger partial charge in [0.2, 0.25) is 0 Å². The number of carbonyl (C=O) groups is 1. The van der Waals surface area contributed by atoms with Crippen molar-refractivity contribution >= 4 is 41.0 Å². The molecule has 0 bridgehead atoms. The van der Waals surface area contributed by atoms with Crippen molar-refractivity contribution in [3.63, 3.8) is 0 Å². The van der Waals surface area contributed by atoms with Gasteiger partial charge >= 0.3 is 5.69 Å². The van der Waals surface area contributed by atoms with E-state index < -0.39 is 10.8 Å². The molecule has 0 heterocycles. The fourth-order valence-corrected chi connectivity index (χ4v) is 2.34. The summed E-state index contributed by atoms with van der Waals surface area (Å²) >= 11 is 11.7. The Labute approximate surface area is 158 Å². The highest BCUT2D eigenvalue weighted by molar-refractivity contribution is 6.35. The number of nitrogens with one attached hydrogen (secondary N) is 1. The molecule has 0 saturated carbocycles. The van der Waals surface area contributed by atoms with Gasteiger partial charge in [0.05, 0.1) is 23.3 Å². The summed E-state index contributed by atoms with van der Waals surface area (Å²) in [7, 11) is 1.34. The molecule has 2 aromatic rings. The number of halogens is 2. The van der Waals surface area contributed by atoms with Gasteiger partial charge < -0.3 is 9.47 Å². The maximum Gasteiger partial charge on any atom is 0.311 e. The van der Waals surface area contributed by atoms with Gasteiger partial charge in [-0.25, -0.2) is 5.43 Å². The summed E-state index contributed by atoms with van der Waals surface area (Å²) in [6.07, 6.45) is 1.26. The molecule has 1 N–H and O–H groups in total. The summed E-state index contributed by atoms with van der Waals surface area (Å²) in [5, 5.41) is 15.4. The van der Waals surface area contributed by atoms with Crippen LogP contribution in [0.25, 0.3) is 0 Å². The van der Waals surface area contributed by atoms with Gasteiger partial charge in [0.1, 0.15) is 5.75 Å². The zero-order chi connectivity index (χ0) is 19.1. The molecule has 0 spiro atoms. The van der Waals surface area contributed by atoms with E-state index in [1.54, 1.807) is 12.1 Å². The molecule has 26 heavy (non-hydrogen) atoms. The summed E-state index contributed by atoms with van der Waals surface area (Å²) in [5.41, 5.74) is 2.46. The summed E-state index contributed by atoms with van der Waals surface area (Å²) < 4.78 is 10.2. The van der Waals surface area contributed by atoms with Crippen molar-refractivity contribution in [2.24, 2.45) is 5.10 Å². The predicted molar refractivity (Wildman–Crippen MR) is 97.3 cm³/mol. The maximum atomic E-state index is 11.7. The van der Waals surface area contributed by atoms with E-state index in [2.05, 4.69) is 10.5 Å². The van der Waals surface area contributed by atoms with Crippen LogP contribution >= 0.6 is 23.2 Å². The van der Waals surface area contributed by atoms with E-state index >= 15 is 0 Å². The molecule has 0 aromatic heterocycles. The van der Waals surface area contributed by atoms with Crippen molar-refractivity contribution in [3.8, 4) is 11.5 Å². The van der Waals surface area contributed by atoms with E-state index in [4.69, 9.17) is 32.7 Å². The third kappa shape index (κ3) is 5.33. The van der Waals surface area contributed by atoms with Crippen molar-refractivity contribution in [3.05, 3.63) is 62.1 Å². The molecule has 2 aromatic carbocycles. The van der Waals surface area contributed by atoms with Crippen LogP contribution in [-0.2, 0) is 4.79 Å². The number of nitrogens with zero attached hydrogens (tertiary/aromatic N) is 2. The Morgan fingerprint density at radius 2 is 2.00 bits per heavy atom. The second-order valence-corrected chi connectivity index (χ2v) is 5.69. The van der Waals surface area contributed by atoms with Gasteiger partial charge in [0.15, 0.2) is 12.4 Å². The summed E-state index contributed by atoms with van der Waals surface area (Å²) in [5.74, 6) is -0.0966. The number of hydrazone groups is 1. The van der Waals surface area contributed by atoms with Crippen molar-refractivity contribution < 1.29 is 19.2 Å². The zero-order valence-corrected chi connectivity index (χ0v) is 15.0. The van der Waals surface area contributed by atoms with E-state index in [0.717, 1.165) is 0 Å². The number of amides is 1. The molecule has 0 radical (unpaired) electrons. The molecule has 1 amide bonds. The average Bonchev–Trinajstić information content (AvgIpc) is 2.60. The number of nitro groups is 1. The van der Waals surface area contributed by atoms with Gasteiger partial charge in [0, 0.05) is 16.7 Å². The molecule has 2 rings (SSSR count). The number of methoxy groups -OCH3 is 1. The standard InChI is InChI=1S/C16H13Cl2N3O5/c1-25-15-4-2-10(6-13(15)21(23)24)8-19-20-16(22)9-26-14-5-3-11(17)7-12(14)18/h2-8H,9H2,1H3,(H,20,22)/b19-8+. The van der Waals surface area contributed by atoms with Gasteiger partial charge in [-0.2, -0.15) is 5.10 Å². The van der Waals surface area contributed by atoms with Crippen molar-refractivity contribution in [2.45, 2.75) is 0 Å². The average molecular weight is 398 g/mol. The van der Waals surface area contributed by atoms with E-state index in [9.17, 15) is 14.9 Å². The molecule has 10 heteroatoms. The van der Waals surface area contributed by atoms with E-state index in [1.165, 1.54) is 37.6 Å². The lowest BCUT2D eigenvalue weighted by Gasteiger charge is -2.07. The van der Waals surface area contributed by atoms with Crippen LogP contribution in [0.3, 0.4) is 0 Å². The number of benzene rings is 2. The quantitative estimate of drug-likeness (QED) is 0.437. The fraction of sp³-hybridized carbons (Fsp3) is 0.125. The minimum Gasteiger partial charge on any atom is -0.490 e. The molecule has 136 valence electrons. The van der Waals surface area contributed by atoms with Gasteiger partial charge in [-0.3, -0.25) is 14.9 Å². The largest absolute Gasteiger partial charge is 0.490 e. The lowest BCUT2D eigenvalue weighted by Crippen LogP contribution is -2.24. The molecule has 0 saturated heterocycles. The Kier molecular flexibility index (Phi) is 6.76.